The minimum absolute atomic E-state index is 0.248. The molecule has 3 N–H and O–H groups in total. The highest BCUT2D eigenvalue weighted by Crippen LogP contribution is 2.13. The van der Waals surface area contributed by atoms with Gasteiger partial charge in [0.1, 0.15) is 0 Å². The maximum Gasteiger partial charge on any atom is 0.267 e. The summed E-state index contributed by atoms with van der Waals surface area (Å²) in [6, 6.07) is -1.10. The van der Waals surface area contributed by atoms with Crippen LogP contribution in [0.5, 0.6) is 0 Å². The molecule has 0 spiro atoms. The highest BCUT2D eigenvalue weighted by Gasteiger charge is 2.24. The maximum atomic E-state index is 12.6. The number of amides is 1. The van der Waals surface area contributed by atoms with Crippen molar-refractivity contribution in [3.63, 3.8) is 0 Å². The van der Waals surface area contributed by atoms with Crippen LogP contribution in [0.4, 0.5) is 0 Å². The first-order chi connectivity index (χ1) is 28.8. The number of aliphatic hydroxyl groups excluding tert-OH is 1. The van der Waals surface area contributed by atoms with E-state index in [0.717, 1.165) is 83.5 Å². The molecule has 0 aromatic carbocycles. The van der Waals surface area contributed by atoms with Crippen LogP contribution >= 0.6 is 0 Å². The summed E-state index contributed by atoms with van der Waals surface area (Å²) in [5, 5.41) is 13.2. The van der Waals surface area contributed by atoms with E-state index in [0.29, 0.717) is 12.8 Å². The summed E-state index contributed by atoms with van der Waals surface area (Å²) in [4.78, 5) is 12.6. The molecule has 7 heteroatoms. The average molecular weight is 838 g/mol. The third-order valence-electron chi connectivity index (χ3n) is 9.91. The zero-order valence-corrected chi connectivity index (χ0v) is 38.4. The first-order valence-corrected chi connectivity index (χ1v) is 25.2. The Morgan fingerprint density at radius 3 is 1.27 bits per heavy atom. The van der Waals surface area contributed by atoms with E-state index < -0.39 is 28.0 Å². The van der Waals surface area contributed by atoms with Gasteiger partial charge >= 0.3 is 0 Å². The van der Waals surface area contributed by atoms with E-state index in [4.69, 9.17) is 0 Å². The fraction of sp³-hybridized carbons (Fsp3) is 0.635. The molecule has 0 aliphatic heterocycles. The molecule has 0 aromatic rings. The molecule has 6 nitrogen and oxygen atoms in total. The molecule has 2 unspecified atom stereocenters. The van der Waals surface area contributed by atoms with E-state index in [1.807, 2.05) is 0 Å². The monoisotopic (exact) mass is 838 g/mol. The first-order valence-electron chi connectivity index (χ1n) is 23.6. The van der Waals surface area contributed by atoms with E-state index in [2.05, 4.69) is 116 Å². The Bertz CT molecular complexity index is 1330. The van der Waals surface area contributed by atoms with Crippen LogP contribution in [0.15, 0.2) is 109 Å². The molecular formula is C52H87NO5S. The number of carbonyl (C=O) groups excluding carboxylic acids is 1. The molecule has 0 aliphatic rings. The quantitative estimate of drug-likeness (QED) is 0.0323. The molecule has 2 atom stereocenters. The lowest BCUT2D eigenvalue weighted by Gasteiger charge is -2.21. The van der Waals surface area contributed by atoms with Gasteiger partial charge in [-0.05, 0) is 96.3 Å². The predicted octanol–water partition coefficient (Wildman–Crippen LogP) is 14.7. The van der Waals surface area contributed by atoms with Gasteiger partial charge in [0, 0.05) is 6.42 Å². The van der Waals surface area contributed by atoms with Crippen molar-refractivity contribution in [3.05, 3.63) is 109 Å². The summed E-state index contributed by atoms with van der Waals surface area (Å²) in [6.07, 6.45) is 68.0. The van der Waals surface area contributed by atoms with Crippen LogP contribution in [0, 0.1) is 0 Å². The van der Waals surface area contributed by atoms with E-state index >= 15 is 0 Å². The number of aliphatic hydroxyl groups is 1. The lowest BCUT2D eigenvalue weighted by atomic mass is 10.1. The lowest BCUT2D eigenvalue weighted by Crippen LogP contribution is -2.46. The number of rotatable bonds is 41. The Hall–Kier alpha value is -3.00. The molecular weight excluding hydrogens is 751 g/mol. The smallest absolute Gasteiger partial charge is 0.267 e. The number of unbranched alkanes of at least 4 members (excludes halogenated alkanes) is 17. The molecule has 1 amide bonds. The number of hydrogen-bond acceptors (Lipinski definition) is 4. The highest BCUT2D eigenvalue weighted by molar-refractivity contribution is 7.85. The number of carbonyl (C=O) groups is 1. The molecule has 0 saturated heterocycles. The van der Waals surface area contributed by atoms with Gasteiger partial charge in [-0.1, -0.05) is 200 Å². The van der Waals surface area contributed by atoms with Crippen LogP contribution in [-0.2, 0) is 14.9 Å². The fourth-order valence-electron chi connectivity index (χ4n) is 6.42. The molecule has 0 radical (unpaired) electrons. The topological polar surface area (TPSA) is 104 Å². The highest BCUT2D eigenvalue weighted by atomic mass is 32.2. The molecule has 0 saturated carbocycles. The number of nitrogens with one attached hydrogen (secondary N) is 1. The summed E-state index contributed by atoms with van der Waals surface area (Å²) in [5.41, 5.74) is 0. The van der Waals surface area contributed by atoms with Crippen molar-refractivity contribution in [2.75, 3.05) is 5.75 Å². The Balaban J connectivity index is 4.03. The van der Waals surface area contributed by atoms with Crippen molar-refractivity contribution in [2.45, 2.75) is 206 Å². The molecule has 0 aliphatic carbocycles. The lowest BCUT2D eigenvalue weighted by molar-refractivity contribution is -0.122. The minimum atomic E-state index is -4.38. The first kappa shape index (κ1) is 56.0. The van der Waals surface area contributed by atoms with Gasteiger partial charge in [-0.25, -0.2) is 0 Å². The van der Waals surface area contributed by atoms with Crippen LogP contribution in [0.1, 0.15) is 194 Å². The normalized spacial score (nSPS) is 14.2. The van der Waals surface area contributed by atoms with Crippen LogP contribution < -0.4 is 5.32 Å². The molecule has 0 fully saturated rings. The fourth-order valence-corrected chi connectivity index (χ4v) is 7.16. The van der Waals surface area contributed by atoms with Crippen LogP contribution in [-0.4, -0.2) is 41.9 Å². The second-order valence-corrected chi connectivity index (χ2v) is 17.1. The molecule has 59 heavy (non-hydrogen) atoms. The Kier molecular flexibility index (Phi) is 42.3. The Labute approximate surface area is 363 Å². The third-order valence-corrected chi connectivity index (χ3v) is 10.7. The van der Waals surface area contributed by atoms with Gasteiger partial charge in [-0.3, -0.25) is 9.35 Å². The summed E-state index contributed by atoms with van der Waals surface area (Å²) < 4.78 is 32.6. The van der Waals surface area contributed by atoms with Crippen molar-refractivity contribution in [3.8, 4) is 0 Å². The Morgan fingerprint density at radius 2 is 0.831 bits per heavy atom. The molecule has 336 valence electrons. The van der Waals surface area contributed by atoms with Gasteiger partial charge < -0.3 is 10.4 Å². The van der Waals surface area contributed by atoms with Crippen molar-refractivity contribution >= 4 is 16.0 Å². The van der Waals surface area contributed by atoms with Crippen molar-refractivity contribution in [1.82, 2.24) is 5.32 Å². The summed E-state index contributed by atoms with van der Waals surface area (Å²) in [5.74, 6) is -1.05. The Morgan fingerprint density at radius 1 is 0.475 bits per heavy atom. The van der Waals surface area contributed by atoms with Crippen molar-refractivity contribution in [1.29, 1.82) is 0 Å². The minimum Gasteiger partial charge on any atom is -0.387 e. The zero-order chi connectivity index (χ0) is 43.2. The van der Waals surface area contributed by atoms with Gasteiger partial charge in [0.2, 0.25) is 5.91 Å². The SMILES string of the molecule is CC/C=C\C/C=C\C/C=C\C/C=C\C/C=C\C/C=C\CCCCCCC(=O)NC(CS(=O)(=O)O)C(O)/C=C/CC/C=C/CC/C=C/CCCCCCCCCCCCC. The molecule has 0 aromatic heterocycles. The average Bonchev–Trinajstić information content (AvgIpc) is 3.20. The predicted molar refractivity (Wildman–Crippen MR) is 257 cm³/mol. The molecule has 0 rings (SSSR count). The summed E-state index contributed by atoms with van der Waals surface area (Å²) in [6.45, 7) is 4.42. The van der Waals surface area contributed by atoms with E-state index in [-0.39, 0.29) is 12.3 Å². The van der Waals surface area contributed by atoms with Crippen LogP contribution in [0.3, 0.4) is 0 Å². The number of allylic oxidation sites excluding steroid dienone is 17. The van der Waals surface area contributed by atoms with Crippen LogP contribution in [0.2, 0.25) is 0 Å². The van der Waals surface area contributed by atoms with Gasteiger partial charge in [-0.15, -0.1) is 0 Å². The van der Waals surface area contributed by atoms with Crippen molar-refractivity contribution in [2.24, 2.45) is 0 Å². The van der Waals surface area contributed by atoms with E-state index in [1.54, 1.807) is 6.08 Å². The largest absolute Gasteiger partial charge is 0.387 e. The van der Waals surface area contributed by atoms with Gasteiger partial charge in [0.05, 0.1) is 17.9 Å². The van der Waals surface area contributed by atoms with E-state index in [9.17, 15) is 22.9 Å². The standard InChI is InChI=1S/C52H87NO5S/c1-3-5-7-9-11-13-15-17-19-21-23-25-26-28-30-32-34-36-38-40-42-44-46-48-52(55)53-50(49-59(56,57)58)51(54)47-45-43-41-39-37-35-33-31-29-27-24-22-20-18-16-14-12-10-8-6-4-2/h5,7,11,13,17,19,23,25,28-31,34,36-37,39,45,47,50-51,54H,3-4,6,8-10,12,14-16,18,20-22,24,26-27,32-33,35,38,40-44,46,48-49H2,1-2H3,(H,53,55)(H,56,57,58)/b7-5-,13-11-,19-17-,25-23-,30-28-,31-29+,36-34-,39-37+,47-45+. The molecule has 0 bridgehead atoms. The maximum absolute atomic E-state index is 12.6. The second kappa shape index (κ2) is 44.5. The number of hydrogen-bond donors (Lipinski definition) is 3. The van der Waals surface area contributed by atoms with Gasteiger partial charge in [0.15, 0.2) is 0 Å². The zero-order valence-electron chi connectivity index (χ0n) is 37.6. The van der Waals surface area contributed by atoms with Gasteiger partial charge in [0.25, 0.3) is 10.1 Å². The second-order valence-electron chi connectivity index (χ2n) is 15.6. The van der Waals surface area contributed by atoms with Crippen molar-refractivity contribution < 1.29 is 22.9 Å². The summed E-state index contributed by atoms with van der Waals surface area (Å²) >= 11 is 0. The van der Waals surface area contributed by atoms with Crippen LogP contribution in [0.25, 0.3) is 0 Å². The molecule has 0 heterocycles. The van der Waals surface area contributed by atoms with E-state index in [1.165, 1.54) is 83.1 Å². The third kappa shape index (κ3) is 45.9. The summed E-state index contributed by atoms with van der Waals surface area (Å²) in [7, 11) is -4.38. The van der Waals surface area contributed by atoms with Gasteiger partial charge in [-0.2, -0.15) is 8.42 Å².